The number of aromatic nitrogens is 2. The second-order valence-electron chi connectivity index (χ2n) is 7.33. The van der Waals surface area contributed by atoms with Gasteiger partial charge in [0.25, 0.3) is 5.91 Å². The van der Waals surface area contributed by atoms with Crippen molar-refractivity contribution in [2.45, 2.75) is 13.5 Å². The van der Waals surface area contributed by atoms with E-state index in [9.17, 15) is 9.90 Å². The van der Waals surface area contributed by atoms with Gasteiger partial charge in [0.15, 0.2) is 0 Å². The molecular formula is C22H22N4O2. The van der Waals surface area contributed by atoms with Crippen LogP contribution in [0.2, 0.25) is 0 Å². The Morgan fingerprint density at radius 2 is 1.96 bits per heavy atom. The summed E-state index contributed by atoms with van der Waals surface area (Å²) < 4.78 is 2.01. The molecule has 0 aliphatic carbocycles. The van der Waals surface area contributed by atoms with E-state index in [4.69, 9.17) is 5.73 Å². The Morgan fingerprint density at radius 1 is 1.18 bits per heavy atom. The molecule has 0 aliphatic rings. The van der Waals surface area contributed by atoms with Gasteiger partial charge in [0.05, 0.1) is 16.6 Å². The van der Waals surface area contributed by atoms with E-state index in [2.05, 4.69) is 16.1 Å². The number of aryl methyl sites for hydroxylation is 1. The van der Waals surface area contributed by atoms with Gasteiger partial charge < -0.3 is 20.3 Å². The normalized spacial score (nSPS) is 11.6. The summed E-state index contributed by atoms with van der Waals surface area (Å²) in [7, 11) is 4.03. The zero-order valence-corrected chi connectivity index (χ0v) is 16.1. The number of rotatable bonds is 4. The van der Waals surface area contributed by atoms with Gasteiger partial charge in [-0.1, -0.05) is 12.1 Å². The average molecular weight is 374 g/mol. The topological polar surface area (TPSA) is 84.4 Å². The van der Waals surface area contributed by atoms with Gasteiger partial charge >= 0.3 is 0 Å². The van der Waals surface area contributed by atoms with Crippen LogP contribution < -0.4 is 5.73 Å². The number of nitrogens with zero attached hydrogens (tertiary/aromatic N) is 3. The van der Waals surface area contributed by atoms with Gasteiger partial charge in [0.2, 0.25) is 5.88 Å². The van der Waals surface area contributed by atoms with Gasteiger partial charge in [0.1, 0.15) is 0 Å². The lowest BCUT2D eigenvalue weighted by Crippen LogP contribution is -2.12. The van der Waals surface area contributed by atoms with Crippen LogP contribution in [-0.2, 0) is 6.54 Å². The predicted octanol–water partition coefficient (Wildman–Crippen LogP) is 3.35. The lowest BCUT2D eigenvalue weighted by atomic mass is 10.1. The van der Waals surface area contributed by atoms with Crippen molar-refractivity contribution in [1.82, 2.24) is 14.5 Å². The summed E-state index contributed by atoms with van der Waals surface area (Å²) >= 11 is 0. The molecule has 6 heteroatoms. The van der Waals surface area contributed by atoms with E-state index in [1.165, 1.54) is 0 Å². The van der Waals surface area contributed by atoms with Crippen LogP contribution in [0.25, 0.3) is 27.5 Å². The van der Waals surface area contributed by atoms with Crippen LogP contribution in [0.5, 0.6) is 5.88 Å². The summed E-state index contributed by atoms with van der Waals surface area (Å²) in [6.45, 7) is 2.68. The molecule has 3 N–H and O–H groups in total. The Balaban J connectivity index is 2.02. The highest BCUT2D eigenvalue weighted by molar-refractivity contribution is 6.06. The second-order valence-corrected chi connectivity index (χ2v) is 7.33. The highest BCUT2D eigenvalue weighted by Crippen LogP contribution is 2.31. The maximum absolute atomic E-state index is 12.1. The van der Waals surface area contributed by atoms with Gasteiger partial charge in [-0.15, -0.1) is 0 Å². The van der Waals surface area contributed by atoms with E-state index < -0.39 is 5.91 Å². The first-order valence-electron chi connectivity index (χ1n) is 9.03. The minimum Gasteiger partial charge on any atom is -0.493 e. The minimum absolute atomic E-state index is 0.00782. The molecule has 1 amide bonds. The monoisotopic (exact) mass is 374 g/mol. The summed E-state index contributed by atoms with van der Waals surface area (Å²) in [5.41, 5.74) is 10.6. The number of fused-ring (bicyclic) bond motifs is 2. The van der Waals surface area contributed by atoms with Crippen LogP contribution in [0, 0.1) is 6.92 Å². The number of pyridine rings is 1. The number of amides is 1. The van der Waals surface area contributed by atoms with Crippen molar-refractivity contribution in [3.8, 4) is 11.6 Å². The SMILES string of the molecule is Cc1cc(O)nc2ccc(-n3cc(CN(C)C)c4cccc(C(N)=O)c43)cc12. The van der Waals surface area contributed by atoms with Crippen molar-refractivity contribution in [3.05, 3.63) is 65.4 Å². The zero-order valence-electron chi connectivity index (χ0n) is 16.1. The molecule has 2 aromatic heterocycles. The molecule has 4 aromatic rings. The fourth-order valence-corrected chi connectivity index (χ4v) is 3.74. The maximum Gasteiger partial charge on any atom is 0.250 e. The van der Waals surface area contributed by atoms with Gasteiger partial charge in [-0.2, -0.15) is 0 Å². The van der Waals surface area contributed by atoms with Crippen molar-refractivity contribution in [2.24, 2.45) is 5.73 Å². The van der Waals surface area contributed by atoms with Crippen LogP contribution in [-0.4, -0.2) is 39.6 Å². The third-order valence-corrected chi connectivity index (χ3v) is 4.92. The summed E-state index contributed by atoms with van der Waals surface area (Å²) in [4.78, 5) is 18.4. The highest BCUT2D eigenvalue weighted by atomic mass is 16.3. The number of aromatic hydroxyl groups is 1. The highest BCUT2D eigenvalue weighted by Gasteiger charge is 2.17. The number of hydrogen-bond donors (Lipinski definition) is 2. The number of para-hydroxylation sites is 1. The third kappa shape index (κ3) is 2.97. The Labute approximate surface area is 162 Å². The summed E-state index contributed by atoms with van der Waals surface area (Å²) in [6.07, 6.45) is 2.06. The first-order chi connectivity index (χ1) is 13.3. The molecule has 0 aliphatic heterocycles. The molecule has 2 aromatic carbocycles. The lowest BCUT2D eigenvalue weighted by molar-refractivity contribution is 0.100. The summed E-state index contributed by atoms with van der Waals surface area (Å²) in [5.74, 6) is -0.446. The fraction of sp³-hybridized carbons (Fsp3) is 0.182. The second kappa shape index (κ2) is 6.65. The number of carbonyl (C=O) groups excluding carboxylic acids is 1. The third-order valence-electron chi connectivity index (χ3n) is 4.92. The summed E-state index contributed by atoms with van der Waals surface area (Å²) in [5, 5.41) is 11.7. The molecule has 0 unspecified atom stereocenters. The Hall–Kier alpha value is -3.38. The van der Waals surface area contributed by atoms with Crippen molar-refractivity contribution in [2.75, 3.05) is 14.1 Å². The van der Waals surface area contributed by atoms with Gasteiger partial charge in [-0.25, -0.2) is 4.98 Å². The minimum atomic E-state index is -0.454. The van der Waals surface area contributed by atoms with E-state index in [0.717, 1.165) is 45.2 Å². The van der Waals surface area contributed by atoms with Crippen molar-refractivity contribution < 1.29 is 9.90 Å². The van der Waals surface area contributed by atoms with E-state index in [0.29, 0.717) is 5.56 Å². The average Bonchev–Trinajstić information content (AvgIpc) is 2.99. The number of hydrogen-bond acceptors (Lipinski definition) is 4. The van der Waals surface area contributed by atoms with Crippen LogP contribution in [0.4, 0.5) is 0 Å². The molecule has 2 heterocycles. The molecule has 0 radical (unpaired) electrons. The predicted molar refractivity (Wildman–Crippen MR) is 111 cm³/mol. The van der Waals surface area contributed by atoms with Crippen molar-refractivity contribution in [3.63, 3.8) is 0 Å². The lowest BCUT2D eigenvalue weighted by Gasteiger charge is -2.10. The van der Waals surface area contributed by atoms with Crippen LogP contribution in [0.3, 0.4) is 0 Å². The largest absolute Gasteiger partial charge is 0.493 e. The number of benzene rings is 2. The molecule has 0 saturated heterocycles. The van der Waals surface area contributed by atoms with Crippen LogP contribution >= 0.6 is 0 Å². The molecule has 0 fully saturated rings. The number of primary amides is 1. The van der Waals surface area contributed by atoms with E-state index in [1.807, 2.05) is 55.9 Å². The number of carbonyl (C=O) groups is 1. The molecule has 28 heavy (non-hydrogen) atoms. The maximum atomic E-state index is 12.1. The molecule has 4 rings (SSSR count). The van der Waals surface area contributed by atoms with Gasteiger partial charge in [-0.3, -0.25) is 4.79 Å². The first kappa shape index (κ1) is 18.0. The van der Waals surface area contributed by atoms with Crippen molar-refractivity contribution in [1.29, 1.82) is 0 Å². The molecule has 0 bridgehead atoms. The van der Waals surface area contributed by atoms with E-state index in [-0.39, 0.29) is 5.88 Å². The standard InChI is InChI=1S/C22H22N4O2/c1-13-9-20(27)24-19-8-7-15(10-18(13)19)26-12-14(11-25(2)3)16-5-4-6-17(21(16)26)22(23)28/h4-10,12H,11H2,1-3H3,(H2,23,28)(H,24,27). The van der Waals surface area contributed by atoms with Crippen LogP contribution in [0.1, 0.15) is 21.5 Å². The zero-order chi connectivity index (χ0) is 20.0. The number of nitrogens with two attached hydrogens (primary N) is 1. The smallest absolute Gasteiger partial charge is 0.250 e. The van der Waals surface area contributed by atoms with Crippen molar-refractivity contribution >= 4 is 27.7 Å². The first-order valence-corrected chi connectivity index (χ1v) is 9.03. The molecular weight excluding hydrogens is 352 g/mol. The molecule has 0 saturated carbocycles. The molecule has 6 nitrogen and oxygen atoms in total. The fourth-order valence-electron chi connectivity index (χ4n) is 3.74. The molecule has 142 valence electrons. The van der Waals surface area contributed by atoms with E-state index in [1.54, 1.807) is 12.1 Å². The molecule has 0 atom stereocenters. The Kier molecular flexibility index (Phi) is 4.28. The van der Waals surface area contributed by atoms with Gasteiger partial charge in [-0.05, 0) is 56.4 Å². The van der Waals surface area contributed by atoms with E-state index >= 15 is 0 Å². The Bertz CT molecular complexity index is 1220. The summed E-state index contributed by atoms with van der Waals surface area (Å²) in [6, 6.07) is 13.1. The van der Waals surface area contributed by atoms with Crippen LogP contribution in [0.15, 0.2) is 48.7 Å². The molecule has 0 spiro atoms. The Morgan fingerprint density at radius 3 is 2.68 bits per heavy atom. The van der Waals surface area contributed by atoms with Gasteiger partial charge in [0, 0.05) is 35.3 Å². The quantitative estimate of drug-likeness (QED) is 0.574.